The molecule has 0 bridgehead atoms. The first-order valence-electron chi connectivity index (χ1n) is 8.90. The molecule has 0 heterocycles. The van der Waals surface area contributed by atoms with E-state index in [1.54, 1.807) is 7.11 Å². The zero-order valence-corrected chi connectivity index (χ0v) is 17.5. The second-order valence-corrected chi connectivity index (χ2v) is 7.49. The smallest absolute Gasteiger partial charge is 0.161 e. The highest BCUT2D eigenvalue weighted by atomic mass is 79.9. The topological polar surface area (TPSA) is 30.5 Å². The highest BCUT2D eigenvalue weighted by Gasteiger charge is 2.07. The van der Waals surface area contributed by atoms with Gasteiger partial charge in [0, 0.05) is 16.7 Å². The lowest BCUT2D eigenvalue weighted by Crippen LogP contribution is -2.03. The van der Waals surface area contributed by atoms with Gasteiger partial charge in [0.25, 0.3) is 0 Å². The molecule has 4 heteroatoms. The van der Waals surface area contributed by atoms with Crippen LogP contribution in [0.5, 0.6) is 11.5 Å². The first-order chi connectivity index (χ1) is 13.0. The van der Waals surface area contributed by atoms with Crippen molar-refractivity contribution in [2.24, 2.45) is 0 Å². The molecule has 0 saturated carbocycles. The van der Waals surface area contributed by atoms with E-state index in [9.17, 15) is 0 Å². The Morgan fingerprint density at radius 1 is 0.852 bits per heavy atom. The zero-order chi connectivity index (χ0) is 19.2. The summed E-state index contributed by atoms with van der Waals surface area (Å²) in [5.74, 6) is 1.49. The number of anilines is 1. The summed E-state index contributed by atoms with van der Waals surface area (Å²) in [5, 5.41) is 3.50. The molecule has 0 aliphatic heterocycles. The summed E-state index contributed by atoms with van der Waals surface area (Å²) in [6.45, 7) is 5.45. The van der Waals surface area contributed by atoms with E-state index in [4.69, 9.17) is 9.47 Å². The molecule has 0 spiro atoms. The number of rotatable bonds is 7. The normalized spacial score (nSPS) is 10.5. The fraction of sp³-hybridized carbons (Fsp3) is 0.217. The van der Waals surface area contributed by atoms with Gasteiger partial charge in [-0.3, -0.25) is 0 Å². The van der Waals surface area contributed by atoms with Crippen LogP contribution in [-0.2, 0) is 13.2 Å². The van der Waals surface area contributed by atoms with Crippen LogP contribution in [0.4, 0.5) is 5.69 Å². The lowest BCUT2D eigenvalue weighted by atomic mass is 10.1. The van der Waals surface area contributed by atoms with Crippen molar-refractivity contribution < 1.29 is 9.47 Å². The van der Waals surface area contributed by atoms with Crippen LogP contribution < -0.4 is 14.8 Å². The van der Waals surface area contributed by atoms with E-state index in [1.807, 2.05) is 36.4 Å². The lowest BCUT2D eigenvalue weighted by molar-refractivity contribution is 0.284. The SMILES string of the molecule is COc1cc(CNc2cc(C)ccc2C)ccc1OCc1ccc(Br)cc1. The number of ether oxygens (including phenoxy) is 2. The molecule has 140 valence electrons. The number of aryl methyl sites for hydroxylation is 2. The molecule has 0 saturated heterocycles. The molecule has 0 atom stereocenters. The van der Waals surface area contributed by atoms with E-state index in [0.717, 1.165) is 39.3 Å². The molecule has 0 amide bonds. The second kappa shape index (κ2) is 8.96. The molecular weight excluding hydrogens is 402 g/mol. The second-order valence-electron chi connectivity index (χ2n) is 6.57. The van der Waals surface area contributed by atoms with Gasteiger partial charge in [-0.25, -0.2) is 0 Å². The first-order valence-corrected chi connectivity index (χ1v) is 9.70. The van der Waals surface area contributed by atoms with Crippen molar-refractivity contribution >= 4 is 21.6 Å². The van der Waals surface area contributed by atoms with Crippen molar-refractivity contribution in [2.45, 2.75) is 27.0 Å². The Labute approximate surface area is 169 Å². The fourth-order valence-electron chi connectivity index (χ4n) is 2.81. The summed E-state index contributed by atoms with van der Waals surface area (Å²) in [5.41, 5.74) is 5.90. The van der Waals surface area contributed by atoms with Crippen molar-refractivity contribution in [3.05, 3.63) is 87.4 Å². The third-order valence-corrected chi connectivity index (χ3v) is 4.94. The van der Waals surface area contributed by atoms with Gasteiger partial charge in [0.05, 0.1) is 7.11 Å². The standard InChI is InChI=1S/C23H24BrNO2/c1-16-4-5-17(2)21(12-16)25-14-19-8-11-22(23(13-19)26-3)27-15-18-6-9-20(24)10-7-18/h4-13,25H,14-15H2,1-3H3. The molecule has 3 rings (SSSR count). The molecule has 0 aromatic heterocycles. The van der Waals surface area contributed by atoms with Gasteiger partial charge in [-0.05, 0) is 66.4 Å². The van der Waals surface area contributed by atoms with Crippen LogP contribution in [0.15, 0.2) is 65.1 Å². The molecule has 0 unspecified atom stereocenters. The minimum Gasteiger partial charge on any atom is -0.493 e. The summed E-state index contributed by atoms with van der Waals surface area (Å²) < 4.78 is 12.5. The third-order valence-electron chi connectivity index (χ3n) is 4.41. The Morgan fingerprint density at radius 2 is 1.59 bits per heavy atom. The molecule has 1 N–H and O–H groups in total. The molecule has 0 aliphatic carbocycles. The van der Waals surface area contributed by atoms with E-state index >= 15 is 0 Å². The summed E-state index contributed by atoms with van der Waals surface area (Å²) in [6.07, 6.45) is 0. The van der Waals surface area contributed by atoms with Gasteiger partial charge in [0.15, 0.2) is 11.5 Å². The Bertz CT molecular complexity index is 907. The molecular formula is C23H24BrNO2. The van der Waals surface area contributed by atoms with Crippen LogP contribution in [-0.4, -0.2) is 7.11 Å². The monoisotopic (exact) mass is 425 g/mol. The van der Waals surface area contributed by atoms with Crippen LogP contribution in [0.25, 0.3) is 0 Å². The Balaban J connectivity index is 1.66. The predicted octanol–water partition coefficient (Wildman–Crippen LogP) is 6.27. The van der Waals surface area contributed by atoms with Crippen molar-refractivity contribution in [3.63, 3.8) is 0 Å². The molecule has 0 aliphatic rings. The maximum absolute atomic E-state index is 5.95. The maximum Gasteiger partial charge on any atom is 0.161 e. The minimum absolute atomic E-state index is 0.504. The number of methoxy groups -OCH3 is 1. The maximum atomic E-state index is 5.95. The van der Waals surface area contributed by atoms with E-state index in [-0.39, 0.29) is 0 Å². The van der Waals surface area contributed by atoms with Crippen LogP contribution in [0.2, 0.25) is 0 Å². The quantitative estimate of drug-likeness (QED) is 0.483. The first kappa shape index (κ1) is 19.3. The average Bonchev–Trinajstić information content (AvgIpc) is 2.68. The van der Waals surface area contributed by atoms with E-state index in [1.165, 1.54) is 11.1 Å². The van der Waals surface area contributed by atoms with Crippen LogP contribution in [0, 0.1) is 13.8 Å². The highest BCUT2D eigenvalue weighted by molar-refractivity contribution is 9.10. The van der Waals surface area contributed by atoms with Crippen molar-refractivity contribution in [3.8, 4) is 11.5 Å². The van der Waals surface area contributed by atoms with Crippen molar-refractivity contribution in [2.75, 3.05) is 12.4 Å². The molecule has 27 heavy (non-hydrogen) atoms. The molecule has 0 radical (unpaired) electrons. The van der Waals surface area contributed by atoms with Gasteiger partial charge in [0.2, 0.25) is 0 Å². The predicted molar refractivity (Wildman–Crippen MR) is 115 cm³/mol. The van der Waals surface area contributed by atoms with E-state index in [2.05, 4.69) is 59.4 Å². The molecule has 3 nitrogen and oxygen atoms in total. The molecule has 3 aromatic carbocycles. The van der Waals surface area contributed by atoms with Crippen LogP contribution >= 0.6 is 15.9 Å². The molecule has 0 fully saturated rings. The number of hydrogen-bond donors (Lipinski definition) is 1. The number of benzene rings is 3. The van der Waals surface area contributed by atoms with Crippen molar-refractivity contribution in [1.29, 1.82) is 0 Å². The van der Waals surface area contributed by atoms with Crippen molar-refractivity contribution in [1.82, 2.24) is 0 Å². The average molecular weight is 426 g/mol. The Kier molecular flexibility index (Phi) is 6.40. The van der Waals surface area contributed by atoms with Gasteiger partial charge < -0.3 is 14.8 Å². The summed E-state index contributed by atoms with van der Waals surface area (Å²) in [6, 6.07) is 20.6. The van der Waals surface area contributed by atoms with Gasteiger partial charge in [-0.15, -0.1) is 0 Å². The van der Waals surface area contributed by atoms with Gasteiger partial charge >= 0.3 is 0 Å². The number of nitrogens with one attached hydrogen (secondary N) is 1. The highest BCUT2D eigenvalue weighted by Crippen LogP contribution is 2.29. The molecule has 3 aromatic rings. The van der Waals surface area contributed by atoms with Gasteiger partial charge in [-0.1, -0.05) is 46.3 Å². The number of hydrogen-bond acceptors (Lipinski definition) is 3. The zero-order valence-electron chi connectivity index (χ0n) is 15.9. The van der Waals surface area contributed by atoms with Gasteiger partial charge in [-0.2, -0.15) is 0 Å². The lowest BCUT2D eigenvalue weighted by Gasteiger charge is -2.14. The minimum atomic E-state index is 0.504. The summed E-state index contributed by atoms with van der Waals surface area (Å²) in [4.78, 5) is 0. The third kappa shape index (κ3) is 5.27. The summed E-state index contributed by atoms with van der Waals surface area (Å²) >= 11 is 3.45. The Hall–Kier alpha value is -2.46. The van der Waals surface area contributed by atoms with Gasteiger partial charge in [0.1, 0.15) is 6.61 Å². The van der Waals surface area contributed by atoms with E-state index in [0.29, 0.717) is 6.61 Å². The fourth-order valence-corrected chi connectivity index (χ4v) is 3.07. The van der Waals surface area contributed by atoms with E-state index < -0.39 is 0 Å². The largest absolute Gasteiger partial charge is 0.493 e. The number of halogens is 1. The summed E-state index contributed by atoms with van der Waals surface area (Å²) in [7, 11) is 1.67. The van der Waals surface area contributed by atoms with Crippen LogP contribution in [0.1, 0.15) is 22.3 Å². The Morgan fingerprint density at radius 3 is 2.33 bits per heavy atom. The van der Waals surface area contributed by atoms with Crippen LogP contribution in [0.3, 0.4) is 0 Å².